The first kappa shape index (κ1) is 16.4. The van der Waals surface area contributed by atoms with Crippen molar-refractivity contribution in [2.45, 2.75) is 37.9 Å². The van der Waals surface area contributed by atoms with Crippen molar-refractivity contribution < 1.29 is 9.53 Å². The van der Waals surface area contributed by atoms with Gasteiger partial charge in [-0.3, -0.25) is 14.7 Å². The molecule has 1 aromatic heterocycles. The standard InChI is InChI=1S/C17H26N4O2/c22-17(11-16-13-23-10-7-19-16)20-14-4-8-21(9-5-14)12-15-3-1-2-6-18-15/h1-3,6,14,16,19H,4-5,7-13H2,(H,20,22). The molecule has 1 amide bonds. The second kappa shape index (κ2) is 8.38. The minimum absolute atomic E-state index is 0.135. The van der Waals surface area contributed by atoms with Crippen LogP contribution in [0.4, 0.5) is 0 Å². The van der Waals surface area contributed by atoms with Crippen LogP contribution >= 0.6 is 0 Å². The van der Waals surface area contributed by atoms with Crippen molar-refractivity contribution in [3.8, 4) is 0 Å². The number of aromatic nitrogens is 1. The molecule has 0 saturated carbocycles. The second-order valence-corrected chi connectivity index (χ2v) is 6.37. The van der Waals surface area contributed by atoms with Gasteiger partial charge in [-0.1, -0.05) is 6.07 Å². The third kappa shape index (κ3) is 5.27. The smallest absolute Gasteiger partial charge is 0.221 e. The lowest BCUT2D eigenvalue weighted by Gasteiger charge is -2.32. The molecule has 0 aliphatic carbocycles. The zero-order valence-corrected chi connectivity index (χ0v) is 13.5. The minimum atomic E-state index is 0.135. The molecule has 2 aliphatic rings. The number of piperidine rings is 1. The molecule has 6 heteroatoms. The molecule has 0 bridgehead atoms. The Morgan fingerprint density at radius 2 is 2.26 bits per heavy atom. The molecule has 3 heterocycles. The van der Waals surface area contributed by atoms with Crippen LogP contribution in [0.1, 0.15) is 25.0 Å². The maximum atomic E-state index is 12.1. The van der Waals surface area contributed by atoms with Gasteiger partial charge in [0.25, 0.3) is 0 Å². The number of likely N-dealkylation sites (tertiary alicyclic amines) is 1. The Kier molecular flexibility index (Phi) is 5.96. The van der Waals surface area contributed by atoms with Gasteiger partial charge in [-0.2, -0.15) is 0 Å². The van der Waals surface area contributed by atoms with Crippen molar-refractivity contribution in [3.05, 3.63) is 30.1 Å². The molecule has 3 rings (SSSR count). The van der Waals surface area contributed by atoms with Gasteiger partial charge in [0, 0.05) is 50.9 Å². The molecule has 1 unspecified atom stereocenters. The number of pyridine rings is 1. The summed E-state index contributed by atoms with van der Waals surface area (Å²) in [6.07, 6.45) is 4.36. The molecule has 126 valence electrons. The van der Waals surface area contributed by atoms with Crippen LogP contribution in [0.15, 0.2) is 24.4 Å². The van der Waals surface area contributed by atoms with Gasteiger partial charge in [0.15, 0.2) is 0 Å². The molecule has 1 aromatic rings. The van der Waals surface area contributed by atoms with Crippen LogP contribution in [0.5, 0.6) is 0 Å². The van der Waals surface area contributed by atoms with Gasteiger partial charge in [-0.25, -0.2) is 0 Å². The lowest BCUT2D eigenvalue weighted by molar-refractivity contribution is -0.123. The van der Waals surface area contributed by atoms with Crippen LogP contribution in [-0.4, -0.2) is 60.7 Å². The topological polar surface area (TPSA) is 66.5 Å². The van der Waals surface area contributed by atoms with Crippen LogP contribution in [0.25, 0.3) is 0 Å². The van der Waals surface area contributed by atoms with Crippen molar-refractivity contribution in [3.63, 3.8) is 0 Å². The van der Waals surface area contributed by atoms with Gasteiger partial charge < -0.3 is 15.4 Å². The Labute approximate surface area is 137 Å². The van der Waals surface area contributed by atoms with Gasteiger partial charge in [0.05, 0.1) is 18.9 Å². The van der Waals surface area contributed by atoms with E-state index < -0.39 is 0 Å². The number of amides is 1. The maximum Gasteiger partial charge on any atom is 0.221 e. The lowest BCUT2D eigenvalue weighted by Crippen LogP contribution is -2.48. The van der Waals surface area contributed by atoms with E-state index in [2.05, 4.69) is 26.6 Å². The van der Waals surface area contributed by atoms with E-state index in [-0.39, 0.29) is 11.9 Å². The summed E-state index contributed by atoms with van der Waals surface area (Å²) in [6.45, 7) is 5.12. The highest BCUT2D eigenvalue weighted by Gasteiger charge is 2.23. The highest BCUT2D eigenvalue weighted by Crippen LogP contribution is 2.13. The molecule has 2 fully saturated rings. The number of nitrogens with one attached hydrogen (secondary N) is 2. The van der Waals surface area contributed by atoms with Gasteiger partial charge in [-0.05, 0) is 25.0 Å². The number of ether oxygens (including phenoxy) is 1. The fourth-order valence-electron chi connectivity index (χ4n) is 3.22. The van der Waals surface area contributed by atoms with Crippen molar-refractivity contribution >= 4 is 5.91 Å². The summed E-state index contributed by atoms with van der Waals surface area (Å²) >= 11 is 0. The Morgan fingerprint density at radius 1 is 1.39 bits per heavy atom. The molecular weight excluding hydrogens is 292 g/mol. The molecule has 1 atom stereocenters. The lowest BCUT2D eigenvalue weighted by atomic mass is 10.0. The molecule has 0 aromatic carbocycles. The number of rotatable bonds is 5. The van der Waals surface area contributed by atoms with Crippen LogP contribution < -0.4 is 10.6 Å². The fraction of sp³-hybridized carbons (Fsp3) is 0.647. The minimum Gasteiger partial charge on any atom is -0.378 e. The average molecular weight is 318 g/mol. The van der Waals surface area contributed by atoms with Crippen LogP contribution in [0.3, 0.4) is 0 Å². The predicted molar refractivity (Wildman–Crippen MR) is 87.9 cm³/mol. The molecule has 2 N–H and O–H groups in total. The number of carbonyl (C=O) groups is 1. The second-order valence-electron chi connectivity index (χ2n) is 6.37. The quantitative estimate of drug-likeness (QED) is 0.829. The van der Waals surface area contributed by atoms with Gasteiger partial charge in [0.1, 0.15) is 0 Å². The van der Waals surface area contributed by atoms with Crippen LogP contribution in [0, 0.1) is 0 Å². The summed E-state index contributed by atoms with van der Waals surface area (Å²) in [5.74, 6) is 0.135. The van der Waals surface area contributed by atoms with E-state index in [1.54, 1.807) is 0 Å². The third-order valence-corrected chi connectivity index (χ3v) is 4.49. The van der Waals surface area contributed by atoms with Crippen LogP contribution in [0.2, 0.25) is 0 Å². The molecule has 2 aliphatic heterocycles. The zero-order chi connectivity index (χ0) is 15.9. The van der Waals surface area contributed by atoms with Gasteiger partial charge in [-0.15, -0.1) is 0 Å². The average Bonchev–Trinajstić information content (AvgIpc) is 2.58. The molecule has 2 saturated heterocycles. The highest BCUT2D eigenvalue weighted by atomic mass is 16.5. The Bertz CT molecular complexity index is 483. The number of hydrogen-bond acceptors (Lipinski definition) is 5. The Morgan fingerprint density at radius 3 is 2.96 bits per heavy atom. The Balaban J connectivity index is 1.36. The molecule has 0 spiro atoms. The van der Waals surface area contributed by atoms with Crippen molar-refractivity contribution in [1.82, 2.24) is 20.5 Å². The predicted octanol–water partition coefficient (Wildman–Crippen LogP) is 0.541. The summed E-state index contributed by atoms with van der Waals surface area (Å²) in [5, 5.41) is 6.49. The summed E-state index contributed by atoms with van der Waals surface area (Å²) in [6, 6.07) is 6.49. The fourth-order valence-corrected chi connectivity index (χ4v) is 3.22. The van der Waals surface area contributed by atoms with Crippen LogP contribution in [-0.2, 0) is 16.1 Å². The van der Waals surface area contributed by atoms with E-state index in [9.17, 15) is 4.79 Å². The van der Waals surface area contributed by atoms with E-state index in [0.717, 1.165) is 51.3 Å². The molecule has 23 heavy (non-hydrogen) atoms. The number of carbonyl (C=O) groups excluding carboxylic acids is 1. The first-order chi connectivity index (χ1) is 11.3. The number of morpholine rings is 1. The summed E-state index contributed by atoms with van der Waals surface area (Å²) in [4.78, 5) is 18.9. The van der Waals surface area contributed by atoms with E-state index in [0.29, 0.717) is 19.1 Å². The third-order valence-electron chi connectivity index (χ3n) is 4.49. The summed E-state index contributed by atoms with van der Waals surface area (Å²) in [5.41, 5.74) is 1.11. The number of hydrogen-bond donors (Lipinski definition) is 2. The zero-order valence-electron chi connectivity index (χ0n) is 13.5. The molecular formula is C17H26N4O2. The van der Waals surface area contributed by atoms with E-state index in [1.807, 2.05) is 18.3 Å². The highest BCUT2D eigenvalue weighted by molar-refractivity contribution is 5.76. The van der Waals surface area contributed by atoms with Crippen molar-refractivity contribution in [2.24, 2.45) is 0 Å². The first-order valence-electron chi connectivity index (χ1n) is 8.52. The largest absolute Gasteiger partial charge is 0.378 e. The van der Waals surface area contributed by atoms with Crippen molar-refractivity contribution in [1.29, 1.82) is 0 Å². The SMILES string of the molecule is O=C(CC1COCCN1)NC1CCN(Cc2ccccn2)CC1. The molecule has 0 radical (unpaired) electrons. The number of nitrogens with zero attached hydrogens (tertiary/aromatic N) is 2. The summed E-state index contributed by atoms with van der Waals surface area (Å²) in [7, 11) is 0. The molecule has 6 nitrogen and oxygen atoms in total. The maximum absolute atomic E-state index is 12.1. The monoisotopic (exact) mass is 318 g/mol. The van der Waals surface area contributed by atoms with E-state index >= 15 is 0 Å². The van der Waals surface area contributed by atoms with E-state index in [1.165, 1.54) is 0 Å². The Hall–Kier alpha value is -1.50. The first-order valence-corrected chi connectivity index (χ1v) is 8.52. The normalized spacial score (nSPS) is 23.6. The van der Waals surface area contributed by atoms with Crippen molar-refractivity contribution in [2.75, 3.05) is 32.8 Å². The van der Waals surface area contributed by atoms with Gasteiger partial charge >= 0.3 is 0 Å². The van der Waals surface area contributed by atoms with Gasteiger partial charge in [0.2, 0.25) is 5.91 Å². The van der Waals surface area contributed by atoms with E-state index in [4.69, 9.17) is 4.74 Å². The summed E-state index contributed by atoms with van der Waals surface area (Å²) < 4.78 is 5.39.